The monoisotopic (exact) mass is 885 g/mol. The Hall–Kier alpha value is -5.35. The molecule has 1 amide bonds. The minimum Gasteiger partial charge on any atom is -0.489 e. The van der Waals surface area contributed by atoms with Gasteiger partial charge in [-0.05, 0) is 98.8 Å². The second kappa shape index (κ2) is 22.0. The van der Waals surface area contributed by atoms with Crippen molar-refractivity contribution in [1.82, 2.24) is 4.90 Å². The van der Waals surface area contributed by atoms with E-state index < -0.39 is 35.1 Å². The molecule has 4 aliphatic rings. The number of nitrogens with zero attached hydrogens (tertiary/aromatic N) is 3. The predicted octanol–water partition coefficient (Wildman–Crippen LogP) is 9.38. The molecule has 1 saturated heterocycles. The summed E-state index contributed by atoms with van der Waals surface area (Å²) in [7, 11) is 0. The topological polar surface area (TPSA) is 172 Å². The van der Waals surface area contributed by atoms with Gasteiger partial charge in [-0.2, -0.15) is 0 Å². The van der Waals surface area contributed by atoms with Crippen molar-refractivity contribution < 1.29 is 52.8 Å². The number of oxime groups is 1. The lowest BCUT2D eigenvalue weighted by atomic mass is 9.55. The van der Waals surface area contributed by atoms with Crippen molar-refractivity contribution in [3.05, 3.63) is 118 Å². The summed E-state index contributed by atoms with van der Waals surface area (Å²) in [6, 6.07) is 16.6. The van der Waals surface area contributed by atoms with E-state index in [1.807, 2.05) is 19.1 Å². The summed E-state index contributed by atoms with van der Waals surface area (Å²) < 4.78 is 47.3. The number of hydrogen-bond acceptors (Lipinski definition) is 12. The number of hydrogen-bond donors (Lipinski definition) is 2. The number of halogens is 1. The molecule has 344 valence electrons. The number of aliphatic hydroxyl groups is 2. The molecule has 1 saturated carbocycles. The highest BCUT2D eigenvalue weighted by molar-refractivity contribution is 6.03. The number of carbonyl (C=O) groups excluding carboxylic acids is 1. The summed E-state index contributed by atoms with van der Waals surface area (Å²) in [5.74, 6) is -1.68. The molecule has 3 aromatic carbocycles. The number of unbranched alkanes of at least 4 members (excludes halogenated alkanes) is 2. The van der Waals surface area contributed by atoms with Crippen molar-refractivity contribution in [2.45, 2.75) is 108 Å². The number of carbonyl (C=O) groups is 1. The molecule has 0 bridgehead atoms. The summed E-state index contributed by atoms with van der Waals surface area (Å²) >= 11 is 0. The molecule has 7 rings (SSSR count). The first-order valence-corrected chi connectivity index (χ1v) is 22.7. The minimum atomic E-state index is -1.54. The molecule has 64 heavy (non-hydrogen) atoms. The molecule has 15 heteroatoms. The normalized spacial score (nSPS) is 25.2. The first-order chi connectivity index (χ1) is 31.2. The molecule has 2 aliphatic carbocycles. The van der Waals surface area contributed by atoms with Gasteiger partial charge in [0.05, 0.1) is 29.8 Å². The Labute approximate surface area is 373 Å². The maximum atomic E-state index is 14.8. The molecule has 2 N–H and O–H groups in total. The van der Waals surface area contributed by atoms with Crippen LogP contribution in [0.4, 0.5) is 14.9 Å². The Morgan fingerprint density at radius 1 is 1.05 bits per heavy atom. The van der Waals surface area contributed by atoms with E-state index in [9.17, 15) is 29.5 Å². The minimum absolute atomic E-state index is 0.000866. The molecule has 2 fully saturated rings. The Kier molecular flexibility index (Phi) is 16.1. The van der Waals surface area contributed by atoms with Crippen LogP contribution >= 0.6 is 0 Å². The van der Waals surface area contributed by atoms with Gasteiger partial charge in [0.15, 0.2) is 0 Å². The Morgan fingerprint density at radius 2 is 1.81 bits per heavy atom. The molecular weight excluding hydrogens is 826 g/mol. The second-order valence-corrected chi connectivity index (χ2v) is 16.9. The molecule has 7 atom stereocenters. The van der Waals surface area contributed by atoms with Crippen molar-refractivity contribution >= 4 is 17.5 Å². The van der Waals surface area contributed by atoms with Crippen molar-refractivity contribution in [2.75, 3.05) is 33.0 Å². The van der Waals surface area contributed by atoms with Crippen LogP contribution < -0.4 is 14.2 Å². The van der Waals surface area contributed by atoms with Crippen LogP contribution in [-0.2, 0) is 20.9 Å². The quantitative estimate of drug-likeness (QED) is 0.0452. The predicted molar refractivity (Wildman–Crippen MR) is 236 cm³/mol. The van der Waals surface area contributed by atoms with Gasteiger partial charge in [0.2, 0.25) is 12.1 Å². The lowest BCUT2D eigenvalue weighted by Gasteiger charge is -2.59. The summed E-state index contributed by atoms with van der Waals surface area (Å²) in [5, 5.41) is 36.2. The Balaban J connectivity index is 1.40. The summed E-state index contributed by atoms with van der Waals surface area (Å²) in [6.07, 6.45) is 10.1. The molecule has 1 unspecified atom stereocenters. The maximum Gasteiger partial charge on any atom is 0.415 e. The molecule has 0 spiro atoms. The number of nitro groups is 1. The SMILES string of the molecule is C=CCO[C@@]12Oc3ccc(OCc4ccccc4F)cc3[C@H]3[C@H](CCCCO)[C@@H](CCCCO)C=C(C(=NOC4CCCCO4)C[C@@H]1N(CCC)C(=O)Oc1ccc([N+](=O)[O-])cc1)[C@H]32. The number of non-ortho nitro benzene ring substituents is 1. The first-order valence-electron chi connectivity index (χ1n) is 22.7. The summed E-state index contributed by atoms with van der Waals surface area (Å²) in [5.41, 5.74) is 2.59. The van der Waals surface area contributed by atoms with Crippen LogP contribution in [0.2, 0.25) is 0 Å². The fourth-order valence-electron chi connectivity index (χ4n) is 9.84. The zero-order valence-corrected chi connectivity index (χ0v) is 36.5. The first kappa shape index (κ1) is 46.6. The largest absolute Gasteiger partial charge is 0.489 e. The van der Waals surface area contributed by atoms with Crippen molar-refractivity contribution in [3.8, 4) is 17.2 Å². The fourth-order valence-corrected chi connectivity index (χ4v) is 9.84. The van der Waals surface area contributed by atoms with Gasteiger partial charge in [0.25, 0.3) is 5.69 Å². The molecule has 14 nitrogen and oxygen atoms in total. The average molecular weight is 886 g/mol. The molecule has 3 aromatic rings. The number of fused-ring (bicyclic) bond motifs is 2. The Morgan fingerprint density at radius 3 is 2.52 bits per heavy atom. The fraction of sp³-hybridized carbons (Fsp3) is 0.510. The van der Waals surface area contributed by atoms with Crippen LogP contribution in [0, 0.1) is 33.7 Å². The van der Waals surface area contributed by atoms with Crippen LogP contribution in [0.5, 0.6) is 17.2 Å². The number of allylic oxidation sites excluding steroid dienone is 1. The van der Waals surface area contributed by atoms with Gasteiger partial charge in [-0.15, -0.1) is 6.58 Å². The van der Waals surface area contributed by atoms with Crippen LogP contribution in [0.3, 0.4) is 0 Å². The smallest absolute Gasteiger partial charge is 0.415 e. The van der Waals surface area contributed by atoms with Crippen LogP contribution in [0.15, 0.2) is 96.2 Å². The van der Waals surface area contributed by atoms with Crippen molar-refractivity contribution in [3.63, 3.8) is 0 Å². The van der Waals surface area contributed by atoms with E-state index in [1.165, 1.54) is 30.3 Å². The number of nitro benzene ring substituents is 1. The molecule has 2 aliphatic heterocycles. The van der Waals surface area contributed by atoms with Crippen molar-refractivity contribution in [1.29, 1.82) is 0 Å². The van der Waals surface area contributed by atoms with E-state index in [0.717, 1.165) is 49.7 Å². The van der Waals surface area contributed by atoms with Crippen LogP contribution in [0.1, 0.15) is 94.6 Å². The third-order valence-electron chi connectivity index (χ3n) is 12.7. The third-order valence-corrected chi connectivity index (χ3v) is 12.7. The van der Waals surface area contributed by atoms with Gasteiger partial charge in [0.1, 0.15) is 35.7 Å². The Bertz CT molecular complexity index is 2130. The number of amides is 1. The number of aliphatic hydroxyl groups excluding tert-OH is 2. The zero-order valence-electron chi connectivity index (χ0n) is 36.5. The zero-order chi connectivity index (χ0) is 45.1. The molecular formula is C49H60FN3O11. The second-order valence-electron chi connectivity index (χ2n) is 16.9. The van der Waals surface area contributed by atoms with E-state index in [-0.39, 0.29) is 74.4 Å². The highest BCUT2D eigenvalue weighted by Crippen LogP contribution is 2.62. The number of ether oxygens (including phenoxy) is 5. The van der Waals surface area contributed by atoms with E-state index in [2.05, 4.69) is 12.7 Å². The molecule has 2 heterocycles. The van der Waals surface area contributed by atoms with Crippen LogP contribution in [0.25, 0.3) is 0 Å². The molecule has 0 radical (unpaired) electrons. The van der Waals surface area contributed by atoms with E-state index in [0.29, 0.717) is 55.1 Å². The average Bonchev–Trinajstić information content (AvgIpc) is 3.31. The van der Waals surface area contributed by atoms with Gasteiger partial charge in [-0.1, -0.05) is 55.3 Å². The van der Waals surface area contributed by atoms with Gasteiger partial charge in [-0.25, -0.2) is 9.18 Å². The van der Waals surface area contributed by atoms with Gasteiger partial charge < -0.3 is 38.7 Å². The van der Waals surface area contributed by atoms with Crippen LogP contribution in [-0.4, -0.2) is 82.9 Å². The van der Waals surface area contributed by atoms with Gasteiger partial charge in [0, 0.05) is 61.8 Å². The van der Waals surface area contributed by atoms with Gasteiger partial charge in [-0.3, -0.25) is 15.0 Å². The van der Waals surface area contributed by atoms with E-state index >= 15 is 0 Å². The molecule has 0 aromatic heterocycles. The maximum absolute atomic E-state index is 14.8. The van der Waals surface area contributed by atoms with Gasteiger partial charge >= 0.3 is 6.09 Å². The highest BCUT2D eigenvalue weighted by atomic mass is 19.1. The lowest BCUT2D eigenvalue weighted by Crippen LogP contribution is -2.70. The third kappa shape index (κ3) is 10.4. The highest BCUT2D eigenvalue weighted by Gasteiger charge is 2.65. The van der Waals surface area contributed by atoms with E-state index in [4.69, 9.17) is 33.7 Å². The van der Waals surface area contributed by atoms with Crippen molar-refractivity contribution in [2.24, 2.45) is 22.9 Å². The summed E-state index contributed by atoms with van der Waals surface area (Å²) in [6.45, 7) is 6.91. The number of rotatable bonds is 21. The summed E-state index contributed by atoms with van der Waals surface area (Å²) in [4.78, 5) is 33.4. The lowest BCUT2D eigenvalue weighted by molar-refractivity contribution is -0.384. The number of benzene rings is 3. The van der Waals surface area contributed by atoms with E-state index in [1.54, 1.807) is 35.2 Å². The standard InChI is InChI=1S/C49H60FN3O11/c1-3-24-52(48(56)62-36-20-18-35(19-21-36)53(57)58)44-31-42(51-64-45-17-9-12-28-59-45)39-29-33(13-7-10-25-54)38(15-8-11-26-55)46-40-30-37(60-32-34-14-5-6-16-41(34)50)22-23-43(40)63-49(44,47(39)46)61-27-4-2/h4-6,14,16,18-23,29-30,33,38,44-47,54-55H,2-3,7-13,15,17,24-28,31-32H2,1H3/t33-,38+,44-,45?,46+,47+,49+/m0/s1.